The van der Waals surface area contributed by atoms with Crippen LogP contribution in [0.5, 0.6) is 11.5 Å². The van der Waals surface area contributed by atoms with E-state index in [1.165, 1.54) is 18.2 Å². The number of hydrogen-bond acceptors (Lipinski definition) is 3. The summed E-state index contributed by atoms with van der Waals surface area (Å²) >= 11 is 0. The van der Waals surface area contributed by atoms with Gasteiger partial charge in [0.1, 0.15) is 18.2 Å². The van der Waals surface area contributed by atoms with Crippen molar-refractivity contribution in [2.75, 3.05) is 13.2 Å². The van der Waals surface area contributed by atoms with Crippen LogP contribution in [0, 0.1) is 23.4 Å². The molecule has 1 saturated carbocycles. The van der Waals surface area contributed by atoms with Crippen molar-refractivity contribution in [2.45, 2.75) is 44.6 Å². The van der Waals surface area contributed by atoms with Crippen LogP contribution >= 0.6 is 0 Å². The molecule has 3 nitrogen and oxygen atoms in total. The van der Waals surface area contributed by atoms with Crippen molar-refractivity contribution >= 4 is 0 Å². The largest absolute Gasteiger partial charge is 0.490 e. The van der Waals surface area contributed by atoms with Crippen molar-refractivity contribution in [3.63, 3.8) is 0 Å². The number of aliphatic hydroxyl groups excluding tert-OH is 1. The molecule has 1 atom stereocenters. The standard InChI is InChI=1S/C30H31F3O3/c1-3-16-35-24-12-13-25(27(31)17-24)22-6-4-20(5-7-22)18-36-28-15-14-26(29(32)30(28)33)23-10-8-21(9-11-23)19(2)34/h3,8-15,17,19-20,22,34H,1,4-7,16,18H2,2H3. The zero-order chi connectivity index (χ0) is 25.7. The SMILES string of the molecule is C=CCOc1ccc(C2CCC(COc3ccc(-c4ccc(C(C)O)cc4)c(F)c3F)CC2)c(F)c1. The molecule has 0 bridgehead atoms. The summed E-state index contributed by atoms with van der Waals surface area (Å²) in [6.45, 7) is 5.84. The highest BCUT2D eigenvalue weighted by Gasteiger charge is 2.26. The Hall–Kier alpha value is -3.25. The Morgan fingerprint density at radius 1 is 0.944 bits per heavy atom. The van der Waals surface area contributed by atoms with Gasteiger partial charge < -0.3 is 14.6 Å². The average molecular weight is 497 g/mol. The van der Waals surface area contributed by atoms with E-state index in [1.54, 1.807) is 49.4 Å². The highest BCUT2D eigenvalue weighted by Crippen LogP contribution is 2.38. The summed E-state index contributed by atoms with van der Waals surface area (Å²) in [6, 6.07) is 14.6. The maximum Gasteiger partial charge on any atom is 0.201 e. The normalized spacial score (nSPS) is 18.5. The van der Waals surface area contributed by atoms with Crippen molar-refractivity contribution < 1.29 is 27.8 Å². The minimum absolute atomic E-state index is 0.111. The Morgan fingerprint density at radius 2 is 1.67 bits per heavy atom. The fraction of sp³-hybridized carbons (Fsp3) is 0.333. The van der Waals surface area contributed by atoms with Gasteiger partial charge in [0.05, 0.1) is 12.7 Å². The lowest BCUT2D eigenvalue weighted by molar-refractivity contribution is 0.192. The molecule has 0 radical (unpaired) electrons. The van der Waals surface area contributed by atoms with Crippen molar-refractivity contribution in [3.8, 4) is 22.6 Å². The highest BCUT2D eigenvalue weighted by molar-refractivity contribution is 5.65. The topological polar surface area (TPSA) is 38.7 Å². The minimum atomic E-state index is -1.01. The molecule has 1 N–H and O–H groups in total. The molecule has 3 aromatic carbocycles. The fourth-order valence-electron chi connectivity index (χ4n) is 4.74. The molecule has 0 saturated heterocycles. The monoisotopic (exact) mass is 496 g/mol. The van der Waals surface area contributed by atoms with Gasteiger partial charge in [-0.05, 0) is 79.3 Å². The molecule has 1 fully saturated rings. The Balaban J connectivity index is 1.33. The van der Waals surface area contributed by atoms with Crippen LogP contribution in [0.3, 0.4) is 0 Å². The van der Waals surface area contributed by atoms with Gasteiger partial charge in [0.2, 0.25) is 5.82 Å². The zero-order valence-corrected chi connectivity index (χ0v) is 20.4. The maximum absolute atomic E-state index is 14.8. The summed E-state index contributed by atoms with van der Waals surface area (Å²) in [4.78, 5) is 0. The first-order valence-corrected chi connectivity index (χ1v) is 12.3. The van der Waals surface area contributed by atoms with E-state index in [-0.39, 0.29) is 35.6 Å². The fourth-order valence-corrected chi connectivity index (χ4v) is 4.74. The Bertz CT molecular complexity index is 1180. The van der Waals surface area contributed by atoms with Crippen LogP contribution < -0.4 is 9.47 Å². The van der Waals surface area contributed by atoms with E-state index in [0.29, 0.717) is 29.0 Å². The lowest BCUT2D eigenvalue weighted by Crippen LogP contribution is -2.20. The van der Waals surface area contributed by atoms with Gasteiger partial charge in [0, 0.05) is 11.6 Å². The summed E-state index contributed by atoms with van der Waals surface area (Å²) in [5.74, 6) is -1.57. The third-order valence-electron chi connectivity index (χ3n) is 6.85. The van der Waals surface area contributed by atoms with Crippen LogP contribution in [-0.4, -0.2) is 18.3 Å². The molecule has 1 unspecified atom stereocenters. The van der Waals surface area contributed by atoms with Gasteiger partial charge >= 0.3 is 0 Å². The average Bonchev–Trinajstić information content (AvgIpc) is 2.89. The van der Waals surface area contributed by atoms with E-state index in [0.717, 1.165) is 25.7 Å². The van der Waals surface area contributed by atoms with Crippen LogP contribution in [0.4, 0.5) is 13.2 Å². The van der Waals surface area contributed by atoms with Gasteiger partial charge in [-0.15, -0.1) is 0 Å². The number of rotatable bonds is 9. The molecule has 4 rings (SSSR count). The van der Waals surface area contributed by atoms with Gasteiger partial charge in [-0.1, -0.05) is 43.0 Å². The smallest absolute Gasteiger partial charge is 0.201 e. The number of benzene rings is 3. The van der Waals surface area contributed by atoms with E-state index >= 15 is 0 Å². The van der Waals surface area contributed by atoms with Gasteiger partial charge in [-0.3, -0.25) is 0 Å². The van der Waals surface area contributed by atoms with Gasteiger partial charge in [0.15, 0.2) is 11.6 Å². The molecule has 0 aliphatic heterocycles. The van der Waals surface area contributed by atoms with E-state index < -0.39 is 17.7 Å². The summed E-state index contributed by atoms with van der Waals surface area (Å²) in [6.07, 6.45) is 4.22. The zero-order valence-electron chi connectivity index (χ0n) is 20.4. The van der Waals surface area contributed by atoms with Crippen LogP contribution in [0.2, 0.25) is 0 Å². The summed E-state index contributed by atoms with van der Waals surface area (Å²) < 4.78 is 55.2. The minimum Gasteiger partial charge on any atom is -0.490 e. The van der Waals surface area contributed by atoms with Crippen molar-refractivity contribution in [2.24, 2.45) is 5.92 Å². The molecule has 0 amide bonds. The molecule has 190 valence electrons. The molecule has 1 aliphatic carbocycles. The first-order chi connectivity index (χ1) is 17.4. The Morgan fingerprint density at radius 3 is 2.31 bits per heavy atom. The second kappa shape index (κ2) is 11.7. The summed E-state index contributed by atoms with van der Waals surface area (Å²) in [5, 5.41) is 9.63. The predicted molar refractivity (Wildman–Crippen MR) is 135 cm³/mol. The van der Waals surface area contributed by atoms with Crippen LogP contribution in [0.1, 0.15) is 55.8 Å². The molecular weight excluding hydrogens is 465 g/mol. The van der Waals surface area contributed by atoms with Crippen molar-refractivity contribution in [1.29, 1.82) is 0 Å². The van der Waals surface area contributed by atoms with Gasteiger partial charge in [-0.25, -0.2) is 8.78 Å². The lowest BCUT2D eigenvalue weighted by atomic mass is 9.79. The van der Waals surface area contributed by atoms with Crippen LogP contribution in [-0.2, 0) is 0 Å². The Labute approximate surface area is 210 Å². The number of ether oxygens (including phenoxy) is 2. The van der Waals surface area contributed by atoms with E-state index in [4.69, 9.17) is 9.47 Å². The summed E-state index contributed by atoms with van der Waals surface area (Å²) in [7, 11) is 0. The molecule has 0 spiro atoms. The first-order valence-electron chi connectivity index (χ1n) is 12.3. The molecule has 1 aliphatic rings. The lowest BCUT2D eigenvalue weighted by Gasteiger charge is -2.29. The van der Waals surface area contributed by atoms with Crippen LogP contribution in [0.25, 0.3) is 11.1 Å². The summed E-state index contributed by atoms with van der Waals surface area (Å²) in [5.41, 5.74) is 2.05. The molecular formula is C30H31F3O3. The van der Waals surface area contributed by atoms with Gasteiger partial charge in [-0.2, -0.15) is 4.39 Å². The van der Waals surface area contributed by atoms with Gasteiger partial charge in [0.25, 0.3) is 0 Å². The number of aliphatic hydroxyl groups is 1. The molecule has 3 aromatic rings. The third-order valence-corrected chi connectivity index (χ3v) is 6.85. The second-order valence-corrected chi connectivity index (χ2v) is 9.35. The molecule has 0 aromatic heterocycles. The quantitative estimate of drug-likeness (QED) is 0.308. The van der Waals surface area contributed by atoms with Crippen molar-refractivity contribution in [3.05, 3.63) is 95.8 Å². The van der Waals surface area contributed by atoms with E-state index in [2.05, 4.69) is 6.58 Å². The Kier molecular flexibility index (Phi) is 8.36. The second-order valence-electron chi connectivity index (χ2n) is 9.35. The van der Waals surface area contributed by atoms with E-state index in [9.17, 15) is 18.3 Å². The molecule has 36 heavy (non-hydrogen) atoms. The number of halogens is 3. The maximum atomic E-state index is 14.8. The third kappa shape index (κ3) is 5.93. The molecule has 6 heteroatoms. The van der Waals surface area contributed by atoms with E-state index in [1.807, 2.05) is 0 Å². The number of hydrogen-bond donors (Lipinski definition) is 1. The van der Waals surface area contributed by atoms with Crippen LogP contribution in [0.15, 0.2) is 67.3 Å². The molecule has 0 heterocycles. The van der Waals surface area contributed by atoms with Crippen molar-refractivity contribution in [1.82, 2.24) is 0 Å². The predicted octanol–water partition coefficient (Wildman–Crippen LogP) is 7.74. The first kappa shape index (κ1) is 25.8. The highest BCUT2D eigenvalue weighted by atomic mass is 19.2.